The van der Waals surface area contributed by atoms with Crippen molar-refractivity contribution in [1.29, 1.82) is 0 Å². The summed E-state index contributed by atoms with van der Waals surface area (Å²) in [6.45, 7) is 3.15. The summed E-state index contributed by atoms with van der Waals surface area (Å²) in [6.07, 6.45) is 0. The number of aliphatic imine (C=N–C) groups is 1. The minimum absolute atomic E-state index is 0.100. The Hall–Kier alpha value is -2.82. The molecule has 1 aliphatic heterocycles. The van der Waals surface area contributed by atoms with E-state index in [9.17, 15) is 14.0 Å². The number of amides is 1. The van der Waals surface area contributed by atoms with Crippen molar-refractivity contribution in [3.63, 3.8) is 0 Å². The molecule has 4 nitrogen and oxygen atoms in total. The quantitative estimate of drug-likeness (QED) is 0.796. The highest BCUT2D eigenvalue weighted by atomic mass is 19.1. The number of benzene rings is 2. The zero-order valence-electron chi connectivity index (χ0n) is 13.7. The van der Waals surface area contributed by atoms with E-state index in [1.54, 1.807) is 50.4 Å². The fourth-order valence-corrected chi connectivity index (χ4v) is 2.82. The Morgan fingerprint density at radius 1 is 1.17 bits per heavy atom. The molecule has 2 aromatic rings. The minimum atomic E-state index is -0.641. The van der Waals surface area contributed by atoms with Crippen molar-refractivity contribution in [1.82, 2.24) is 0 Å². The average Bonchev–Trinajstić information content (AvgIpc) is 2.66. The minimum Gasteiger partial charge on any atom is -0.313 e. The third-order valence-corrected chi connectivity index (χ3v) is 4.16. The molecule has 122 valence electrons. The predicted molar refractivity (Wildman–Crippen MR) is 91.4 cm³/mol. The molecule has 1 unspecified atom stereocenters. The van der Waals surface area contributed by atoms with Crippen LogP contribution in [0.2, 0.25) is 0 Å². The number of halogens is 1. The molecule has 0 fully saturated rings. The lowest BCUT2D eigenvalue weighted by Gasteiger charge is -2.19. The summed E-state index contributed by atoms with van der Waals surface area (Å²) < 4.78 is 14.3. The molecule has 0 aliphatic carbocycles. The summed E-state index contributed by atoms with van der Waals surface area (Å²) in [7, 11) is 1.66. The largest absolute Gasteiger partial charge is 0.313 e. The van der Waals surface area contributed by atoms with Gasteiger partial charge in [0.25, 0.3) is 5.91 Å². The van der Waals surface area contributed by atoms with E-state index in [0.29, 0.717) is 28.1 Å². The van der Waals surface area contributed by atoms with Crippen LogP contribution in [-0.2, 0) is 4.79 Å². The SMILES string of the molecule is CC(=O)c1ccc2c(c1)C(c1ccccc1F)=NC(C)C(=O)N2C. The van der Waals surface area contributed by atoms with Gasteiger partial charge < -0.3 is 4.90 Å². The molecule has 1 amide bonds. The number of rotatable bonds is 2. The summed E-state index contributed by atoms with van der Waals surface area (Å²) in [6, 6.07) is 10.7. The lowest BCUT2D eigenvalue weighted by atomic mass is 9.97. The van der Waals surface area contributed by atoms with Crippen molar-refractivity contribution >= 4 is 23.1 Å². The Labute approximate surface area is 139 Å². The summed E-state index contributed by atoms with van der Waals surface area (Å²) in [4.78, 5) is 30.1. The van der Waals surface area contributed by atoms with E-state index in [4.69, 9.17) is 0 Å². The standard InChI is InChI=1S/C19H17FN2O2/c1-11-19(24)22(3)17-9-8-13(12(2)23)10-15(17)18(21-11)14-6-4-5-7-16(14)20/h4-11H,1-3H3. The maximum Gasteiger partial charge on any atom is 0.251 e. The van der Waals surface area contributed by atoms with Gasteiger partial charge in [-0.15, -0.1) is 0 Å². The molecule has 1 heterocycles. The molecule has 0 saturated heterocycles. The molecule has 0 spiro atoms. The lowest BCUT2D eigenvalue weighted by molar-refractivity contribution is -0.119. The van der Waals surface area contributed by atoms with Gasteiger partial charge in [0.15, 0.2) is 5.78 Å². The molecule has 0 saturated carbocycles. The average molecular weight is 324 g/mol. The number of hydrogen-bond donors (Lipinski definition) is 0. The molecule has 0 N–H and O–H groups in total. The van der Waals surface area contributed by atoms with Crippen LogP contribution in [0.4, 0.5) is 10.1 Å². The molecular weight excluding hydrogens is 307 g/mol. The van der Waals surface area contributed by atoms with Gasteiger partial charge in [0.1, 0.15) is 11.9 Å². The first kappa shape index (κ1) is 16.1. The summed E-state index contributed by atoms with van der Waals surface area (Å²) >= 11 is 0. The molecule has 2 aromatic carbocycles. The van der Waals surface area contributed by atoms with Crippen LogP contribution < -0.4 is 4.90 Å². The number of likely N-dealkylation sites (N-methyl/N-ethyl adjacent to an activating group) is 1. The van der Waals surface area contributed by atoms with E-state index in [2.05, 4.69) is 4.99 Å². The molecule has 24 heavy (non-hydrogen) atoms. The highest BCUT2D eigenvalue weighted by Gasteiger charge is 2.28. The highest BCUT2D eigenvalue weighted by molar-refractivity contribution is 6.20. The van der Waals surface area contributed by atoms with Gasteiger partial charge in [0.2, 0.25) is 0 Å². The molecule has 0 bridgehead atoms. The number of benzodiazepines with no additional fused rings is 1. The first-order valence-electron chi connectivity index (χ1n) is 7.65. The normalized spacial score (nSPS) is 17.2. The number of carbonyl (C=O) groups excluding carboxylic acids is 2. The second-order valence-corrected chi connectivity index (χ2v) is 5.82. The van der Waals surface area contributed by atoms with E-state index in [1.807, 2.05) is 0 Å². The third-order valence-electron chi connectivity index (χ3n) is 4.16. The summed E-state index contributed by atoms with van der Waals surface area (Å²) in [5.74, 6) is -0.699. The van der Waals surface area contributed by atoms with Gasteiger partial charge in [0, 0.05) is 23.7 Å². The molecule has 1 aliphatic rings. The van der Waals surface area contributed by atoms with Gasteiger partial charge in [-0.05, 0) is 44.2 Å². The monoisotopic (exact) mass is 324 g/mol. The van der Waals surface area contributed by atoms with Crippen molar-refractivity contribution in [2.45, 2.75) is 19.9 Å². The first-order chi connectivity index (χ1) is 11.4. The van der Waals surface area contributed by atoms with Gasteiger partial charge in [-0.3, -0.25) is 14.6 Å². The number of nitrogens with zero attached hydrogens (tertiary/aromatic N) is 2. The van der Waals surface area contributed by atoms with Gasteiger partial charge in [0.05, 0.1) is 11.4 Å². The van der Waals surface area contributed by atoms with Crippen LogP contribution in [0.25, 0.3) is 0 Å². The topological polar surface area (TPSA) is 49.7 Å². The van der Waals surface area contributed by atoms with Crippen LogP contribution in [0.1, 0.15) is 35.3 Å². The Bertz CT molecular complexity index is 873. The van der Waals surface area contributed by atoms with Crippen LogP contribution in [0.3, 0.4) is 0 Å². The molecule has 5 heteroatoms. The Balaban J connectivity index is 2.32. The maximum absolute atomic E-state index is 14.3. The molecule has 0 aromatic heterocycles. The zero-order chi connectivity index (χ0) is 17.4. The summed E-state index contributed by atoms with van der Waals surface area (Å²) in [5, 5.41) is 0. The van der Waals surface area contributed by atoms with Crippen LogP contribution in [0.5, 0.6) is 0 Å². The lowest BCUT2D eigenvalue weighted by Crippen LogP contribution is -2.33. The number of Topliss-reactive ketones (excluding diaryl/α,β-unsaturated/α-hetero) is 1. The van der Waals surface area contributed by atoms with Crippen molar-refractivity contribution in [3.8, 4) is 0 Å². The number of hydrogen-bond acceptors (Lipinski definition) is 3. The van der Waals surface area contributed by atoms with E-state index in [-0.39, 0.29) is 11.7 Å². The zero-order valence-corrected chi connectivity index (χ0v) is 13.7. The van der Waals surface area contributed by atoms with Crippen molar-refractivity contribution in [2.75, 3.05) is 11.9 Å². The van der Waals surface area contributed by atoms with Gasteiger partial charge in [-0.2, -0.15) is 0 Å². The Morgan fingerprint density at radius 2 is 1.88 bits per heavy atom. The van der Waals surface area contributed by atoms with Gasteiger partial charge >= 0.3 is 0 Å². The number of ketones is 1. The second-order valence-electron chi connectivity index (χ2n) is 5.82. The van der Waals surface area contributed by atoms with Crippen LogP contribution in [0, 0.1) is 5.82 Å². The summed E-state index contributed by atoms with van der Waals surface area (Å²) in [5.41, 5.74) is 2.38. The van der Waals surface area contributed by atoms with Crippen LogP contribution in [0.15, 0.2) is 47.5 Å². The number of anilines is 1. The van der Waals surface area contributed by atoms with Crippen LogP contribution in [-0.4, -0.2) is 30.5 Å². The van der Waals surface area contributed by atoms with Gasteiger partial charge in [-0.1, -0.05) is 12.1 Å². The smallest absolute Gasteiger partial charge is 0.251 e. The highest BCUT2D eigenvalue weighted by Crippen LogP contribution is 2.29. The second kappa shape index (κ2) is 6.00. The third kappa shape index (κ3) is 2.62. The van der Waals surface area contributed by atoms with E-state index >= 15 is 0 Å². The fraction of sp³-hybridized carbons (Fsp3) is 0.211. The van der Waals surface area contributed by atoms with Crippen molar-refractivity contribution in [3.05, 3.63) is 65.0 Å². The van der Waals surface area contributed by atoms with E-state index in [0.717, 1.165) is 0 Å². The Morgan fingerprint density at radius 3 is 2.54 bits per heavy atom. The predicted octanol–water partition coefficient (Wildman–Crippen LogP) is 3.23. The number of carbonyl (C=O) groups is 2. The Kier molecular flexibility index (Phi) is 4.01. The van der Waals surface area contributed by atoms with E-state index < -0.39 is 11.9 Å². The van der Waals surface area contributed by atoms with Crippen molar-refractivity contribution < 1.29 is 14.0 Å². The molecule has 0 radical (unpaired) electrons. The maximum atomic E-state index is 14.3. The van der Waals surface area contributed by atoms with Gasteiger partial charge in [-0.25, -0.2) is 4.39 Å². The molecule has 1 atom stereocenters. The first-order valence-corrected chi connectivity index (χ1v) is 7.65. The van der Waals surface area contributed by atoms with E-state index in [1.165, 1.54) is 17.9 Å². The molecular formula is C19H17FN2O2. The fourth-order valence-electron chi connectivity index (χ4n) is 2.82. The molecule has 3 rings (SSSR count). The van der Waals surface area contributed by atoms with Crippen LogP contribution >= 0.6 is 0 Å². The number of fused-ring (bicyclic) bond motifs is 1. The van der Waals surface area contributed by atoms with Crippen molar-refractivity contribution in [2.24, 2.45) is 4.99 Å².